The first-order chi connectivity index (χ1) is 10.6. The van der Waals surface area contributed by atoms with E-state index in [9.17, 15) is 0 Å². The highest BCUT2D eigenvalue weighted by molar-refractivity contribution is 14.0. The lowest BCUT2D eigenvalue weighted by molar-refractivity contribution is 0.264. The summed E-state index contributed by atoms with van der Waals surface area (Å²) in [6, 6.07) is 11.0. The number of piperidine rings is 1. The van der Waals surface area contributed by atoms with Crippen molar-refractivity contribution in [3.05, 3.63) is 35.9 Å². The highest BCUT2D eigenvalue weighted by atomic mass is 127. The second kappa shape index (κ2) is 10.1. The van der Waals surface area contributed by atoms with Crippen LogP contribution < -0.4 is 5.32 Å². The normalized spacial score (nSPS) is 17.8. The van der Waals surface area contributed by atoms with Crippen molar-refractivity contribution in [2.75, 3.05) is 40.8 Å². The summed E-state index contributed by atoms with van der Waals surface area (Å²) >= 11 is 0. The number of hydrogen-bond donors (Lipinski definition) is 1. The predicted octanol–water partition coefficient (Wildman–Crippen LogP) is 3.21. The highest BCUT2D eigenvalue weighted by Crippen LogP contribution is 2.18. The minimum absolute atomic E-state index is 0. The minimum atomic E-state index is 0. The Labute approximate surface area is 158 Å². The molecule has 0 bridgehead atoms. The molecule has 1 saturated heterocycles. The van der Waals surface area contributed by atoms with E-state index in [1.807, 2.05) is 7.05 Å². The molecule has 0 amide bonds. The summed E-state index contributed by atoms with van der Waals surface area (Å²) in [5.74, 6) is 1.88. The number of hydrogen-bond acceptors (Lipinski definition) is 2. The van der Waals surface area contributed by atoms with Gasteiger partial charge in [0, 0.05) is 26.7 Å². The molecule has 23 heavy (non-hydrogen) atoms. The first-order valence-electron chi connectivity index (χ1n) is 8.28. The number of aliphatic imine (C=N–C) groups is 1. The van der Waals surface area contributed by atoms with Gasteiger partial charge in [-0.25, -0.2) is 0 Å². The number of halogens is 1. The highest BCUT2D eigenvalue weighted by Gasteiger charge is 2.20. The summed E-state index contributed by atoms with van der Waals surface area (Å²) < 4.78 is 0. The van der Waals surface area contributed by atoms with Gasteiger partial charge in [0.2, 0.25) is 0 Å². The second-order valence-electron chi connectivity index (χ2n) is 6.49. The third-order valence-electron chi connectivity index (χ3n) is 4.56. The SMILES string of the molecule is CN=C(NCC(c1ccccc1)N(C)C)N1CCC(C)CC1.I. The minimum Gasteiger partial charge on any atom is -0.354 e. The molecule has 1 N–H and O–H groups in total. The first kappa shape index (κ1) is 20.2. The van der Waals surface area contributed by atoms with E-state index >= 15 is 0 Å². The van der Waals surface area contributed by atoms with Crippen LogP contribution in [0.3, 0.4) is 0 Å². The smallest absolute Gasteiger partial charge is 0.193 e. The van der Waals surface area contributed by atoms with Gasteiger partial charge in [-0.15, -0.1) is 24.0 Å². The quantitative estimate of drug-likeness (QED) is 0.452. The molecule has 130 valence electrons. The molecule has 0 radical (unpaired) electrons. The van der Waals surface area contributed by atoms with E-state index in [1.165, 1.54) is 18.4 Å². The molecule has 1 fully saturated rings. The Hall–Kier alpha value is -0.820. The van der Waals surface area contributed by atoms with Gasteiger partial charge in [0.1, 0.15) is 0 Å². The van der Waals surface area contributed by atoms with E-state index < -0.39 is 0 Å². The van der Waals surface area contributed by atoms with Crippen LogP contribution >= 0.6 is 24.0 Å². The Morgan fingerprint density at radius 2 is 1.87 bits per heavy atom. The molecule has 1 aliphatic heterocycles. The summed E-state index contributed by atoms with van der Waals surface area (Å²) in [5.41, 5.74) is 1.34. The first-order valence-corrected chi connectivity index (χ1v) is 8.28. The molecule has 2 rings (SSSR count). The van der Waals surface area contributed by atoms with Crippen LogP contribution in [0.15, 0.2) is 35.3 Å². The Morgan fingerprint density at radius 1 is 1.26 bits per heavy atom. The molecule has 1 aliphatic rings. The zero-order chi connectivity index (χ0) is 15.9. The number of nitrogens with zero attached hydrogens (tertiary/aromatic N) is 3. The lowest BCUT2D eigenvalue weighted by Crippen LogP contribution is -2.47. The van der Waals surface area contributed by atoms with E-state index in [1.54, 1.807) is 0 Å². The molecule has 1 unspecified atom stereocenters. The predicted molar refractivity (Wildman–Crippen MR) is 110 cm³/mol. The average molecular weight is 430 g/mol. The summed E-state index contributed by atoms with van der Waals surface area (Å²) in [4.78, 5) is 9.12. The molecule has 1 aromatic carbocycles. The van der Waals surface area contributed by atoms with E-state index in [0.29, 0.717) is 6.04 Å². The number of nitrogens with one attached hydrogen (secondary N) is 1. The lowest BCUT2D eigenvalue weighted by atomic mass is 9.99. The summed E-state index contributed by atoms with van der Waals surface area (Å²) in [6.45, 7) is 5.43. The summed E-state index contributed by atoms with van der Waals surface area (Å²) in [5, 5.41) is 3.57. The molecular weight excluding hydrogens is 399 g/mol. The molecule has 5 heteroatoms. The van der Waals surface area contributed by atoms with Gasteiger partial charge in [0.25, 0.3) is 0 Å². The Balaban J connectivity index is 0.00000264. The summed E-state index contributed by atoms with van der Waals surface area (Å²) in [6.07, 6.45) is 2.52. The maximum atomic E-state index is 4.47. The summed E-state index contributed by atoms with van der Waals surface area (Å²) in [7, 11) is 6.14. The van der Waals surface area contributed by atoms with E-state index in [4.69, 9.17) is 0 Å². The lowest BCUT2D eigenvalue weighted by Gasteiger charge is -2.34. The third-order valence-corrected chi connectivity index (χ3v) is 4.56. The van der Waals surface area contributed by atoms with Gasteiger partial charge < -0.3 is 15.1 Å². The number of likely N-dealkylation sites (N-methyl/N-ethyl adjacent to an activating group) is 1. The van der Waals surface area contributed by atoms with Crippen LogP contribution in [-0.4, -0.2) is 56.5 Å². The van der Waals surface area contributed by atoms with Gasteiger partial charge >= 0.3 is 0 Å². The monoisotopic (exact) mass is 430 g/mol. The van der Waals surface area contributed by atoms with Crippen molar-refractivity contribution in [2.24, 2.45) is 10.9 Å². The van der Waals surface area contributed by atoms with Crippen molar-refractivity contribution in [2.45, 2.75) is 25.8 Å². The Bertz CT molecular complexity index is 467. The molecule has 0 saturated carbocycles. The maximum absolute atomic E-state index is 4.47. The van der Waals surface area contributed by atoms with E-state index in [2.05, 4.69) is 71.5 Å². The van der Waals surface area contributed by atoms with Gasteiger partial charge in [-0.05, 0) is 38.4 Å². The fourth-order valence-electron chi connectivity index (χ4n) is 3.01. The van der Waals surface area contributed by atoms with Gasteiger partial charge in [-0.1, -0.05) is 37.3 Å². The number of benzene rings is 1. The molecule has 0 aliphatic carbocycles. The number of likely N-dealkylation sites (tertiary alicyclic amines) is 1. The molecule has 1 atom stereocenters. The van der Waals surface area contributed by atoms with Crippen molar-refractivity contribution >= 4 is 29.9 Å². The number of rotatable bonds is 4. The molecule has 1 aromatic rings. The number of guanidine groups is 1. The topological polar surface area (TPSA) is 30.9 Å². The third kappa shape index (κ3) is 5.95. The van der Waals surface area contributed by atoms with E-state index in [0.717, 1.165) is 31.5 Å². The van der Waals surface area contributed by atoms with Gasteiger partial charge in [-0.3, -0.25) is 4.99 Å². The van der Waals surface area contributed by atoms with Gasteiger partial charge in [-0.2, -0.15) is 0 Å². The van der Waals surface area contributed by atoms with Crippen molar-refractivity contribution in [3.63, 3.8) is 0 Å². The fourth-order valence-corrected chi connectivity index (χ4v) is 3.01. The standard InChI is InChI=1S/C18H30N4.HI/c1-15-10-12-22(13-11-15)18(19-2)20-14-17(21(3)4)16-8-6-5-7-9-16;/h5-9,15,17H,10-14H2,1-4H3,(H,19,20);1H. The second-order valence-corrected chi connectivity index (χ2v) is 6.49. The fraction of sp³-hybridized carbons (Fsp3) is 0.611. The molecule has 1 heterocycles. The molecule has 0 spiro atoms. The van der Waals surface area contributed by atoms with Crippen molar-refractivity contribution < 1.29 is 0 Å². The molecule has 4 nitrogen and oxygen atoms in total. The van der Waals surface area contributed by atoms with Crippen molar-refractivity contribution in [1.82, 2.24) is 15.1 Å². The molecular formula is C18H31IN4. The van der Waals surface area contributed by atoms with Crippen LogP contribution in [-0.2, 0) is 0 Å². The van der Waals surface area contributed by atoms with Crippen LogP contribution in [0.1, 0.15) is 31.4 Å². The Morgan fingerprint density at radius 3 is 2.39 bits per heavy atom. The van der Waals surface area contributed by atoms with Crippen LogP contribution in [0.2, 0.25) is 0 Å². The zero-order valence-electron chi connectivity index (χ0n) is 14.8. The Kier molecular flexibility index (Phi) is 8.91. The van der Waals surface area contributed by atoms with Gasteiger partial charge in [0.05, 0.1) is 6.04 Å². The van der Waals surface area contributed by atoms with Crippen LogP contribution in [0, 0.1) is 5.92 Å². The average Bonchev–Trinajstić information content (AvgIpc) is 2.53. The van der Waals surface area contributed by atoms with Crippen LogP contribution in [0.25, 0.3) is 0 Å². The van der Waals surface area contributed by atoms with E-state index in [-0.39, 0.29) is 24.0 Å². The van der Waals surface area contributed by atoms with Crippen molar-refractivity contribution in [1.29, 1.82) is 0 Å². The largest absolute Gasteiger partial charge is 0.354 e. The van der Waals surface area contributed by atoms with Crippen LogP contribution in [0.4, 0.5) is 0 Å². The molecule has 0 aromatic heterocycles. The van der Waals surface area contributed by atoms with Gasteiger partial charge in [0.15, 0.2) is 5.96 Å². The maximum Gasteiger partial charge on any atom is 0.193 e. The zero-order valence-corrected chi connectivity index (χ0v) is 17.2. The van der Waals surface area contributed by atoms with Crippen LogP contribution in [0.5, 0.6) is 0 Å². The van der Waals surface area contributed by atoms with Crippen molar-refractivity contribution in [3.8, 4) is 0 Å².